The van der Waals surface area contributed by atoms with Crippen molar-refractivity contribution >= 4 is 17.8 Å². The Morgan fingerprint density at radius 3 is 2.56 bits per heavy atom. The number of likely N-dealkylation sites (tertiary alicyclic amines) is 1. The van der Waals surface area contributed by atoms with Gasteiger partial charge in [0.15, 0.2) is 6.61 Å². The Morgan fingerprint density at radius 1 is 1.22 bits per heavy atom. The van der Waals surface area contributed by atoms with E-state index in [-0.39, 0.29) is 30.8 Å². The number of benzene rings is 1. The molecule has 1 saturated heterocycles. The second-order valence-electron chi connectivity index (χ2n) is 7.65. The van der Waals surface area contributed by atoms with E-state index < -0.39 is 12.0 Å². The number of hydrogen-bond acceptors (Lipinski definition) is 4. The summed E-state index contributed by atoms with van der Waals surface area (Å²) in [5, 5.41) is 2.74. The van der Waals surface area contributed by atoms with Gasteiger partial charge in [-0.2, -0.15) is 0 Å². The maximum absolute atomic E-state index is 12.4. The number of piperidine rings is 1. The molecule has 2 atom stereocenters. The van der Waals surface area contributed by atoms with Crippen LogP contribution < -0.4 is 5.32 Å². The third-order valence-electron chi connectivity index (χ3n) is 4.79. The summed E-state index contributed by atoms with van der Waals surface area (Å²) in [6, 6.07) is 8.57. The average molecular weight is 374 g/mol. The van der Waals surface area contributed by atoms with Crippen LogP contribution in [0.5, 0.6) is 0 Å². The highest BCUT2D eigenvalue weighted by Gasteiger charge is 2.28. The molecule has 1 N–H and O–H groups in total. The summed E-state index contributed by atoms with van der Waals surface area (Å²) in [6.45, 7) is 6.93. The van der Waals surface area contributed by atoms with Crippen molar-refractivity contribution in [3.8, 4) is 0 Å². The molecule has 2 rings (SSSR count). The second kappa shape index (κ2) is 10.1. The summed E-state index contributed by atoms with van der Waals surface area (Å²) in [6.07, 6.45) is 2.29. The van der Waals surface area contributed by atoms with Gasteiger partial charge in [-0.15, -0.1) is 0 Å². The SMILES string of the molecule is CC(C)[C@H](NC(=O)Cc1ccccc1)C(=O)OCC(=O)N1CCC[C@@H](C)C1. The average Bonchev–Trinajstić information content (AvgIpc) is 2.64. The van der Waals surface area contributed by atoms with Gasteiger partial charge >= 0.3 is 5.97 Å². The molecule has 0 radical (unpaired) electrons. The van der Waals surface area contributed by atoms with Gasteiger partial charge in [0.25, 0.3) is 5.91 Å². The number of nitrogens with one attached hydrogen (secondary N) is 1. The molecule has 0 saturated carbocycles. The van der Waals surface area contributed by atoms with Gasteiger partial charge < -0.3 is 15.0 Å². The molecule has 0 spiro atoms. The lowest BCUT2D eigenvalue weighted by molar-refractivity contribution is -0.156. The van der Waals surface area contributed by atoms with Gasteiger partial charge in [0.2, 0.25) is 5.91 Å². The number of nitrogens with zero attached hydrogens (tertiary/aromatic N) is 1. The first-order valence-electron chi connectivity index (χ1n) is 9.64. The van der Waals surface area contributed by atoms with Crippen molar-refractivity contribution in [1.82, 2.24) is 10.2 Å². The normalized spacial score (nSPS) is 18.1. The van der Waals surface area contributed by atoms with Crippen molar-refractivity contribution in [1.29, 1.82) is 0 Å². The molecule has 0 unspecified atom stereocenters. The van der Waals surface area contributed by atoms with E-state index in [9.17, 15) is 14.4 Å². The maximum Gasteiger partial charge on any atom is 0.329 e. The molecule has 1 aromatic carbocycles. The summed E-state index contributed by atoms with van der Waals surface area (Å²) in [5.41, 5.74) is 0.875. The van der Waals surface area contributed by atoms with Crippen LogP contribution in [-0.2, 0) is 25.5 Å². The molecule has 2 amide bonds. The van der Waals surface area contributed by atoms with Crippen molar-refractivity contribution in [2.45, 2.75) is 46.1 Å². The summed E-state index contributed by atoms with van der Waals surface area (Å²) < 4.78 is 5.22. The highest BCUT2D eigenvalue weighted by Crippen LogP contribution is 2.15. The third kappa shape index (κ3) is 6.70. The lowest BCUT2D eigenvalue weighted by atomic mass is 10.0. The largest absolute Gasteiger partial charge is 0.454 e. The minimum absolute atomic E-state index is 0.137. The monoisotopic (exact) mass is 374 g/mol. The molecule has 148 valence electrons. The lowest BCUT2D eigenvalue weighted by Crippen LogP contribution is -2.47. The first-order chi connectivity index (χ1) is 12.9. The quantitative estimate of drug-likeness (QED) is 0.742. The van der Waals surface area contributed by atoms with Gasteiger partial charge in [-0.05, 0) is 30.2 Å². The van der Waals surface area contributed by atoms with E-state index in [4.69, 9.17) is 4.74 Å². The molecular weight excluding hydrogens is 344 g/mol. The highest BCUT2D eigenvalue weighted by molar-refractivity contribution is 5.87. The maximum atomic E-state index is 12.4. The molecular formula is C21H30N2O4. The van der Waals surface area contributed by atoms with Gasteiger partial charge in [0.1, 0.15) is 6.04 Å². The number of carbonyl (C=O) groups is 3. The topological polar surface area (TPSA) is 75.7 Å². The van der Waals surface area contributed by atoms with Crippen molar-refractivity contribution in [2.24, 2.45) is 11.8 Å². The van der Waals surface area contributed by atoms with E-state index in [2.05, 4.69) is 12.2 Å². The number of carbonyl (C=O) groups excluding carboxylic acids is 3. The predicted molar refractivity (Wildman–Crippen MR) is 103 cm³/mol. The van der Waals surface area contributed by atoms with Crippen LogP contribution in [0.25, 0.3) is 0 Å². The summed E-state index contributed by atoms with van der Waals surface area (Å²) in [4.78, 5) is 38.7. The number of hydrogen-bond donors (Lipinski definition) is 1. The van der Waals surface area contributed by atoms with Crippen LogP contribution in [-0.4, -0.2) is 48.4 Å². The smallest absolute Gasteiger partial charge is 0.329 e. The van der Waals surface area contributed by atoms with Crippen molar-refractivity contribution in [3.63, 3.8) is 0 Å². The fourth-order valence-electron chi connectivity index (χ4n) is 3.23. The number of ether oxygens (including phenoxy) is 1. The zero-order valence-corrected chi connectivity index (χ0v) is 16.4. The minimum atomic E-state index is -0.769. The van der Waals surface area contributed by atoms with Crippen LogP contribution in [0.15, 0.2) is 30.3 Å². The zero-order valence-electron chi connectivity index (χ0n) is 16.4. The van der Waals surface area contributed by atoms with E-state index in [1.165, 1.54) is 0 Å². The molecule has 0 bridgehead atoms. The molecule has 6 nitrogen and oxygen atoms in total. The zero-order chi connectivity index (χ0) is 19.8. The molecule has 0 aliphatic carbocycles. The van der Waals surface area contributed by atoms with Gasteiger partial charge in [-0.25, -0.2) is 4.79 Å². The predicted octanol–water partition coefficient (Wildman–Crippen LogP) is 2.17. The Morgan fingerprint density at radius 2 is 1.93 bits per heavy atom. The fraction of sp³-hybridized carbons (Fsp3) is 0.571. The van der Waals surface area contributed by atoms with Crippen molar-refractivity contribution < 1.29 is 19.1 Å². The third-order valence-corrected chi connectivity index (χ3v) is 4.79. The Bertz CT molecular complexity index is 645. The summed E-state index contributed by atoms with van der Waals surface area (Å²) in [7, 11) is 0. The van der Waals surface area contributed by atoms with Gasteiger partial charge in [0.05, 0.1) is 6.42 Å². The van der Waals surface area contributed by atoms with Gasteiger partial charge in [-0.3, -0.25) is 9.59 Å². The van der Waals surface area contributed by atoms with Gasteiger partial charge in [0, 0.05) is 13.1 Å². The van der Waals surface area contributed by atoms with Crippen LogP contribution in [0.1, 0.15) is 39.2 Å². The first-order valence-corrected chi connectivity index (χ1v) is 9.64. The highest BCUT2D eigenvalue weighted by atomic mass is 16.5. The molecule has 0 aromatic heterocycles. The Hall–Kier alpha value is -2.37. The van der Waals surface area contributed by atoms with Crippen molar-refractivity contribution in [2.75, 3.05) is 19.7 Å². The van der Waals surface area contributed by atoms with Crippen LogP contribution in [0.3, 0.4) is 0 Å². The van der Waals surface area contributed by atoms with E-state index in [0.29, 0.717) is 19.0 Å². The number of rotatable bonds is 7. The molecule has 1 heterocycles. The number of esters is 1. The Labute approximate surface area is 161 Å². The van der Waals surface area contributed by atoms with Crippen LogP contribution in [0.2, 0.25) is 0 Å². The van der Waals surface area contributed by atoms with E-state index in [1.54, 1.807) is 4.90 Å². The van der Waals surface area contributed by atoms with Crippen LogP contribution >= 0.6 is 0 Å². The minimum Gasteiger partial charge on any atom is -0.454 e. The van der Waals surface area contributed by atoms with Crippen molar-refractivity contribution in [3.05, 3.63) is 35.9 Å². The van der Waals surface area contributed by atoms with Gasteiger partial charge in [-0.1, -0.05) is 51.1 Å². The Kier molecular flexibility index (Phi) is 7.82. The first kappa shape index (κ1) is 20.9. The lowest BCUT2D eigenvalue weighted by Gasteiger charge is -2.31. The van der Waals surface area contributed by atoms with E-state index in [0.717, 1.165) is 18.4 Å². The summed E-state index contributed by atoms with van der Waals surface area (Å²) >= 11 is 0. The molecule has 1 aliphatic rings. The Balaban J connectivity index is 1.84. The fourth-order valence-corrected chi connectivity index (χ4v) is 3.23. The molecule has 6 heteroatoms. The van der Waals surface area contributed by atoms with E-state index >= 15 is 0 Å². The molecule has 1 fully saturated rings. The standard InChI is InChI=1S/C21H30N2O4/c1-15(2)20(22-18(24)12-17-9-5-4-6-10-17)21(26)27-14-19(25)23-11-7-8-16(3)13-23/h4-6,9-10,15-16,20H,7-8,11-14H2,1-3H3,(H,22,24)/t16-,20+/m1/s1. The number of amides is 2. The van der Waals surface area contributed by atoms with E-state index in [1.807, 2.05) is 44.2 Å². The van der Waals surface area contributed by atoms with Crippen LogP contribution in [0.4, 0.5) is 0 Å². The molecule has 1 aliphatic heterocycles. The second-order valence-corrected chi connectivity index (χ2v) is 7.65. The summed E-state index contributed by atoms with van der Waals surface area (Å²) in [5.74, 6) is -0.646. The van der Waals surface area contributed by atoms with Crippen LogP contribution in [0, 0.1) is 11.8 Å². The molecule has 27 heavy (non-hydrogen) atoms. The molecule has 1 aromatic rings.